The van der Waals surface area contributed by atoms with Crippen LogP contribution < -0.4 is 5.28 Å². The van der Waals surface area contributed by atoms with Gasteiger partial charge in [-0.15, -0.1) is 5.28 Å². The first kappa shape index (κ1) is 4.14. The normalized spacial score (nSPS) is 5.60. The van der Waals surface area contributed by atoms with Gasteiger partial charge in [0.05, 0.1) is 0 Å². The zero-order valence-electron chi connectivity index (χ0n) is 2.64. The van der Waals surface area contributed by atoms with Crippen molar-refractivity contribution in [1.29, 1.82) is 0 Å². The minimum absolute atomic E-state index is 1.07. The highest BCUT2D eigenvalue weighted by Crippen LogP contribution is 1.42. The maximum Gasteiger partial charge on any atom is 0.159 e. The van der Waals surface area contributed by atoms with E-state index < -0.39 is 0 Å². The standard InChI is InChI=1S/C2H4N2O/c1-2-5-4-3/h2,4H,1H2. The van der Waals surface area contributed by atoms with Crippen LogP contribution in [0.3, 0.4) is 0 Å². The molecule has 0 saturated heterocycles. The molecule has 0 amide bonds. The van der Waals surface area contributed by atoms with Crippen LogP contribution in [0.15, 0.2) is 12.8 Å². The van der Waals surface area contributed by atoms with Crippen LogP contribution >= 0.6 is 0 Å². The van der Waals surface area contributed by atoms with E-state index in [1.54, 1.807) is 0 Å². The van der Waals surface area contributed by atoms with Gasteiger partial charge in [0, 0.05) is 0 Å². The lowest BCUT2D eigenvalue weighted by Crippen LogP contribution is -2.59. The van der Waals surface area contributed by atoms with Crippen LogP contribution in [0.5, 0.6) is 0 Å². The Morgan fingerprint density at radius 1 is 2.00 bits per heavy atom. The Hall–Kier alpha value is -0.860. The Balaban J connectivity index is 2.65. The first-order valence-corrected chi connectivity index (χ1v) is 1.07. The van der Waals surface area contributed by atoms with E-state index in [9.17, 15) is 0 Å². The number of hydrogen-bond donors (Lipinski definition) is 1. The lowest BCUT2D eigenvalue weighted by Gasteiger charge is -1.72. The van der Waals surface area contributed by atoms with Gasteiger partial charge in [0.1, 0.15) is 0 Å². The summed E-state index contributed by atoms with van der Waals surface area (Å²) in [6.45, 7) is 3.11. The minimum atomic E-state index is 1.07. The fraction of sp³-hybridized carbons (Fsp3) is 0. The molecule has 0 bridgehead atoms. The van der Waals surface area contributed by atoms with E-state index >= 15 is 0 Å². The summed E-state index contributed by atoms with van der Waals surface area (Å²) >= 11 is 0. The Morgan fingerprint density at radius 3 is 2.60 bits per heavy atom. The van der Waals surface area contributed by atoms with E-state index in [-0.39, 0.29) is 0 Å². The molecule has 0 atom stereocenters. The first-order chi connectivity index (χ1) is 2.41. The van der Waals surface area contributed by atoms with E-state index in [0.717, 1.165) is 6.26 Å². The van der Waals surface area contributed by atoms with Gasteiger partial charge in [0.25, 0.3) is 0 Å². The van der Waals surface area contributed by atoms with Gasteiger partial charge in [-0.1, -0.05) is 6.58 Å². The topological polar surface area (TPSA) is 45.5 Å². The zero-order chi connectivity index (χ0) is 4.12. The molecule has 0 aliphatic heterocycles. The molecule has 1 N–H and O–H groups in total. The average Bonchev–Trinajstić information content (AvgIpc) is 1.41. The fourth-order valence-electron chi connectivity index (χ4n) is 0.0373. The maximum absolute atomic E-state index is 7.52. The molecule has 0 radical (unpaired) electrons. The highest BCUT2D eigenvalue weighted by Gasteiger charge is 1.49. The van der Waals surface area contributed by atoms with Gasteiger partial charge in [-0.05, 0) is 0 Å². The molecule has 0 aliphatic rings. The van der Waals surface area contributed by atoms with Gasteiger partial charge < -0.3 is 5.53 Å². The lowest BCUT2D eigenvalue weighted by molar-refractivity contribution is -0.749. The third-order valence-electron chi connectivity index (χ3n) is 0.136. The van der Waals surface area contributed by atoms with Crippen molar-refractivity contribution in [1.82, 2.24) is 0 Å². The van der Waals surface area contributed by atoms with Gasteiger partial charge in [-0.3, -0.25) is 4.84 Å². The van der Waals surface area contributed by atoms with Crippen molar-refractivity contribution < 1.29 is 10.1 Å². The second kappa shape index (κ2) is 3.14. The molecule has 0 saturated carbocycles. The third-order valence-corrected chi connectivity index (χ3v) is 0.136. The molecule has 0 unspecified atom stereocenters. The van der Waals surface area contributed by atoms with E-state index in [1.807, 2.05) is 0 Å². The summed E-state index contributed by atoms with van der Waals surface area (Å²) in [5, 5.41) is 1.40. The van der Waals surface area contributed by atoms with Crippen molar-refractivity contribution in [3.05, 3.63) is 18.4 Å². The molecule has 0 aromatic carbocycles. The molecular formula is C2H4N2O. The third kappa shape index (κ3) is 3.14. The van der Waals surface area contributed by atoms with Crippen molar-refractivity contribution in [3.8, 4) is 0 Å². The smallest absolute Gasteiger partial charge is 0.159 e. The van der Waals surface area contributed by atoms with Crippen LogP contribution in [0.4, 0.5) is 0 Å². The summed E-state index contributed by atoms with van der Waals surface area (Å²) in [7, 11) is 0. The molecule has 0 aliphatic carbocycles. The maximum atomic E-state index is 7.52. The molecule has 0 rings (SSSR count). The van der Waals surface area contributed by atoms with Crippen molar-refractivity contribution in [2.24, 2.45) is 0 Å². The average molecular weight is 72.1 g/mol. The molecule has 0 aromatic heterocycles. The second-order valence-electron chi connectivity index (χ2n) is 0.376. The van der Waals surface area contributed by atoms with Crippen molar-refractivity contribution >= 4 is 0 Å². The molecule has 3 nitrogen and oxygen atoms in total. The van der Waals surface area contributed by atoms with Crippen molar-refractivity contribution in [3.63, 3.8) is 0 Å². The summed E-state index contributed by atoms with van der Waals surface area (Å²) in [5.41, 5.74) is 7.52. The molecule has 0 heterocycles. The summed E-state index contributed by atoms with van der Waals surface area (Å²) in [5.74, 6) is 0. The molecule has 5 heavy (non-hydrogen) atoms. The van der Waals surface area contributed by atoms with E-state index in [4.69, 9.17) is 5.53 Å². The predicted molar refractivity (Wildman–Crippen MR) is 15.6 cm³/mol. The molecular weight excluding hydrogens is 68.0 g/mol. The quantitative estimate of drug-likeness (QED) is 0.258. The van der Waals surface area contributed by atoms with Crippen molar-refractivity contribution in [2.45, 2.75) is 0 Å². The van der Waals surface area contributed by atoms with Crippen LogP contribution in [0, 0.1) is 0 Å². The Labute approximate surface area is 29.7 Å². The summed E-state index contributed by atoms with van der Waals surface area (Å²) in [6, 6.07) is 0. The van der Waals surface area contributed by atoms with Crippen LogP contribution in [-0.4, -0.2) is 0 Å². The molecule has 3 heteroatoms. The van der Waals surface area contributed by atoms with Gasteiger partial charge in [-0.25, -0.2) is 0 Å². The van der Waals surface area contributed by atoms with Crippen LogP contribution in [-0.2, 0) is 4.84 Å². The van der Waals surface area contributed by atoms with E-state index in [0.29, 0.717) is 0 Å². The first-order valence-electron chi connectivity index (χ1n) is 1.07. The van der Waals surface area contributed by atoms with Gasteiger partial charge in [0.2, 0.25) is 0 Å². The fourth-order valence-corrected chi connectivity index (χ4v) is 0.0373. The van der Waals surface area contributed by atoms with E-state index in [2.05, 4.69) is 11.4 Å². The Kier molecular flexibility index (Phi) is 2.60. The monoisotopic (exact) mass is 72.0 g/mol. The van der Waals surface area contributed by atoms with Crippen LogP contribution in [0.1, 0.15) is 0 Å². The van der Waals surface area contributed by atoms with Gasteiger partial charge in [-0.2, -0.15) is 0 Å². The highest BCUT2D eigenvalue weighted by atomic mass is 16.6. The van der Waals surface area contributed by atoms with Crippen LogP contribution in [0.2, 0.25) is 0 Å². The zero-order valence-corrected chi connectivity index (χ0v) is 2.64. The largest absolute Gasteiger partial charge is 0.452 e. The van der Waals surface area contributed by atoms with Crippen molar-refractivity contribution in [2.75, 3.05) is 0 Å². The lowest BCUT2D eigenvalue weighted by atomic mass is 11.2. The summed E-state index contributed by atoms with van der Waals surface area (Å²) < 4.78 is 0. The Bertz CT molecular complexity index is 36.9. The summed E-state index contributed by atoms with van der Waals surface area (Å²) in [6.07, 6.45) is 1.07. The number of nitrogens with zero attached hydrogens (tertiary/aromatic N) is 1. The molecule has 0 spiro atoms. The second-order valence-corrected chi connectivity index (χ2v) is 0.376. The summed E-state index contributed by atoms with van der Waals surface area (Å²) in [4.78, 5) is 3.90. The van der Waals surface area contributed by atoms with Gasteiger partial charge in [0.15, 0.2) is 6.26 Å². The molecule has 28 valence electrons. The van der Waals surface area contributed by atoms with Crippen LogP contribution in [0.25, 0.3) is 5.53 Å². The molecule has 0 fully saturated rings. The van der Waals surface area contributed by atoms with Gasteiger partial charge >= 0.3 is 0 Å². The Morgan fingerprint density at radius 2 is 2.60 bits per heavy atom. The highest BCUT2D eigenvalue weighted by molar-refractivity contribution is 4.40. The predicted octanol–water partition coefficient (Wildman–Crippen LogP) is -0.836. The minimum Gasteiger partial charge on any atom is -0.452 e. The molecule has 0 aromatic rings. The number of rotatable bonds is 2. The SMILES string of the molecule is C=CO[NH+]=[N-]. The number of hydrogen-bond acceptors (Lipinski definition) is 1. The van der Waals surface area contributed by atoms with E-state index in [1.165, 1.54) is 5.28 Å². The number of nitrogens with one attached hydrogen (secondary N) is 1.